The van der Waals surface area contributed by atoms with Gasteiger partial charge in [-0.15, -0.1) is 0 Å². The summed E-state index contributed by atoms with van der Waals surface area (Å²) >= 11 is 0. The molecule has 0 saturated carbocycles. The Balaban J connectivity index is 2.63. The Hall–Kier alpha value is -1.76. The lowest BCUT2D eigenvalue weighted by Gasteiger charge is -2.09. The van der Waals surface area contributed by atoms with Gasteiger partial charge in [0, 0.05) is 13.1 Å². The normalized spacial score (nSPS) is 10.4. The maximum Gasteiger partial charge on any atom is 0.275 e. The van der Waals surface area contributed by atoms with Crippen molar-refractivity contribution in [3.05, 3.63) is 33.9 Å². The number of nitrogens with one attached hydrogen (secondary N) is 2. The zero-order valence-electron chi connectivity index (χ0n) is 10.0. The minimum Gasteiger partial charge on any atom is -0.379 e. The van der Waals surface area contributed by atoms with Crippen molar-refractivity contribution >= 4 is 11.4 Å². The van der Waals surface area contributed by atoms with E-state index in [1.807, 2.05) is 6.92 Å². The predicted molar refractivity (Wildman–Crippen MR) is 64.7 cm³/mol. The molecule has 0 spiro atoms. The van der Waals surface area contributed by atoms with Gasteiger partial charge in [-0.1, -0.05) is 6.92 Å². The van der Waals surface area contributed by atoms with Crippen LogP contribution in [-0.2, 0) is 0 Å². The molecule has 0 amide bonds. The standard InChI is InChI=1S/C11H15F2N3O2/c1-2-3-14-4-5-15-11-9(12)6-8(16(17)18)7-10(11)13/h6-7,14-15H,2-5H2,1H3. The lowest BCUT2D eigenvalue weighted by atomic mass is 10.2. The number of nitro groups is 1. The molecule has 0 saturated heterocycles. The second-order valence-corrected chi connectivity index (χ2v) is 3.72. The summed E-state index contributed by atoms with van der Waals surface area (Å²) in [6.45, 7) is 3.73. The lowest BCUT2D eigenvalue weighted by Crippen LogP contribution is -2.23. The number of rotatable bonds is 7. The van der Waals surface area contributed by atoms with Gasteiger partial charge in [0.05, 0.1) is 17.1 Å². The van der Waals surface area contributed by atoms with Crippen LogP contribution in [0.15, 0.2) is 12.1 Å². The van der Waals surface area contributed by atoms with Crippen molar-refractivity contribution in [1.82, 2.24) is 5.32 Å². The number of halogens is 2. The number of benzene rings is 1. The van der Waals surface area contributed by atoms with E-state index in [9.17, 15) is 18.9 Å². The smallest absolute Gasteiger partial charge is 0.275 e. The lowest BCUT2D eigenvalue weighted by molar-refractivity contribution is -0.385. The zero-order valence-corrected chi connectivity index (χ0v) is 10.0. The molecule has 7 heteroatoms. The molecule has 0 radical (unpaired) electrons. The monoisotopic (exact) mass is 259 g/mol. The molecule has 0 aliphatic carbocycles. The topological polar surface area (TPSA) is 67.2 Å². The van der Waals surface area contributed by atoms with E-state index < -0.39 is 22.2 Å². The van der Waals surface area contributed by atoms with Gasteiger partial charge in [0.15, 0.2) is 11.6 Å². The van der Waals surface area contributed by atoms with Crippen LogP contribution in [0.5, 0.6) is 0 Å². The average Bonchev–Trinajstić information content (AvgIpc) is 2.31. The second-order valence-electron chi connectivity index (χ2n) is 3.72. The van der Waals surface area contributed by atoms with Crippen LogP contribution in [0.2, 0.25) is 0 Å². The Morgan fingerprint density at radius 2 is 1.83 bits per heavy atom. The van der Waals surface area contributed by atoms with Gasteiger partial charge < -0.3 is 10.6 Å². The fourth-order valence-electron chi connectivity index (χ4n) is 1.41. The van der Waals surface area contributed by atoms with Crippen LogP contribution in [0.3, 0.4) is 0 Å². The van der Waals surface area contributed by atoms with Crippen LogP contribution in [0.4, 0.5) is 20.2 Å². The van der Waals surface area contributed by atoms with Crippen molar-refractivity contribution in [3.8, 4) is 0 Å². The molecular weight excluding hydrogens is 244 g/mol. The van der Waals surface area contributed by atoms with Gasteiger partial charge in [-0.2, -0.15) is 0 Å². The Kier molecular flexibility index (Phi) is 5.44. The van der Waals surface area contributed by atoms with Crippen molar-refractivity contribution < 1.29 is 13.7 Å². The summed E-state index contributed by atoms with van der Waals surface area (Å²) in [6.07, 6.45) is 0.972. The number of hydrogen-bond donors (Lipinski definition) is 2. The first kappa shape index (κ1) is 14.3. The Morgan fingerprint density at radius 3 is 2.33 bits per heavy atom. The molecule has 1 rings (SSSR count). The highest BCUT2D eigenvalue weighted by molar-refractivity contribution is 5.51. The molecule has 0 heterocycles. The summed E-state index contributed by atoms with van der Waals surface area (Å²) in [5.41, 5.74) is -0.932. The van der Waals surface area contributed by atoms with E-state index >= 15 is 0 Å². The Labute approximate surface area is 103 Å². The molecule has 0 aliphatic rings. The molecule has 100 valence electrons. The molecule has 18 heavy (non-hydrogen) atoms. The van der Waals surface area contributed by atoms with E-state index in [4.69, 9.17) is 0 Å². The van der Waals surface area contributed by atoms with Crippen LogP contribution >= 0.6 is 0 Å². The second kappa shape index (κ2) is 6.85. The predicted octanol–water partition coefficient (Wildman–Crippen LogP) is 2.28. The molecule has 0 bridgehead atoms. The van der Waals surface area contributed by atoms with Crippen molar-refractivity contribution in [1.29, 1.82) is 0 Å². The molecule has 0 aromatic heterocycles. The highest BCUT2D eigenvalue weighted by Crippen LogP contribution is 2.24. The Bertz CT molecular complexity index is 404. The molecule has 1 aromatic rings. The number of non-ortho nitro benzene ring substituents is 1. The van der Waals surface area contributed by atoms with Gasteiger partial charge in [-0.3, -0.25) is 10.1 Å². The van der Waals surface area contributed by atoms with E-state index in [-0.39, 0.29) is 5.69 Å². The van der Waals surface area contributed by atoms with Gasteiger partial charge >= 0.3 is 0 Å². The quantitative estimate of drug-likeness (QED) is 0.448. The van der Waals surface area contributed by atoms with Crippen molar-refractivity contribution in [3.63, 3.8) is 0 Å². The fraction of sp³-hybridized carbons (Fsp3) is 0.455. The van der Waals surface area contributed by atoms with Gasteiger partial charge in [0.2, 0.25) is 0 Å². The highest BCUT2D eigenvalue weighted by atomic mass is 19.1. The van der Waals surface area contributed by atoms with Gasteiger partial charge in [-0.25, -0.2) is 8.78 Å². The van der Waals surface area contributed by atoms with E-state index in [1.165, 1.54) is 0 Å². The third kappa shape index (κ3) is 3.92. The van der Waals surface area contributed by atoms with E-state index in [1.54, 1.807) is 0 Å². The third-order valence-corrected chi connectivity index (χ3v) is 2.27. The summed E-state index contributed by atoms with van der Waals surface area (Å²) in [4.78, 5) is 9.56. The molecule has 0 aliphatic heterocycles. The minimum atomic E-state index is -0.961. The summed E-state index contributed by atoms with van der Waals surface area (Å²) in [5, 5.41) is 16.0. The first-order chi connectivity index (χ1) is 8.56. The summed E-state index contributed by atoms with van der Waals surface area (Å²) in [5.74, 6) is -1.92. The molecule has 2 N–H and O–H groups in total. The largest absolute Gasteiger partial charge is 0.379 e. The first-order valence-corrected chi connectivity index (χ1v) is 5.64. The SMILES string of the molecule is CCCNCCNc1c(F)cc([N+](=O)[O-])cc1F. The summed E-state index contributed by atoms with van der Waals surface area (Å²) in [7, 11) is 0. The summed E-state index contributed by atoms with van der Waals surface area (Å²) < 4.78 is 26.8. The first-order valence-electron chi connectivity index (χ1n) is 5.64. The van der Waals surface area contributed by atoms with Crippen molar-refractivity contribution in [2.24, 2.45) is 0 Å². The average molecular weight is 259 g/mol. The van der Waals surface area contributed by atoms with Crippen LogP contribution in [0.25, 0.3) is 0 Å². The van der Waals surface area contributed by atoms with Crippen LogP contribution in [-0.4, -0.2) is 24.6 Å². The number of nitro benzene ring substituents is 1. The number of hydrogen-bond acceptors (Lipinski definition) is 4. The van der Waals surface area contributed by atoms with E-state index in [0.29, 0.717) is 25.2 Å². The number of anilines is 1. The van der Waals surface area contributed by atoms with Crippen LogP contribution in [0.1, 0.15) is 13.3 Å². The molecular formula is C11H15F2N3O2. The highest BCUT2D eigenvalue weighted by Gasteiger charge is 2.16. The number of nitrogens with zero attached hydrogens (tertiary/aromatic N) is 1. The molecule has 5 nitrogen and oxygen atoms in total. The zero-order chi connectivity index (χ0) is 13.5. The van der Waals surface area contributed by atoms with Crippen molar-refractivity contribution in [2.45, 2.75) is 13.3 Å². The molecule has 0 atom stereocenters. The van der Waals surface area contributed by atoms with Gasteiger partial charge in [0.1, 0.15) is 5.69 Å². The maximum atomic E-state index is 13.4. The van der Waals surface area contributed by atoms with Gasteiger partial charge in [-0.05, 0) is 13.0 Å². The van der Waals surface area contributed by atoms with E-state index in [0.717, 1.165) is 13.0 Å². The molecule has 1 aromatic carbocycles. The molecule has 0 fully saturated rings. The van der Waals surface area contributed by atoms with Crippen LogP contribution in [0, 0.1) is 21.7 Å². The molecule has 0 unspecified atom stereocenters. The van der Waals surface area contributed by atoms with Crippen LogP contribution < -0.4 is 10.6 Å². The Morgan fingerprint density at radius 1 is 1.22 bits per heavy atom. The fourth-order valence-corrected chi connectivity index (χ4v) is 1.41. The van der Waals surface area contributed by atoms with Crippen molar-refractivity contribution in [2.75, 3.05) is 25.0 Å². The van der Waals surface area contributed by atoms with E-state index in [2.05, 4.69) is 10.6 Å². The minimum absolute atomic E-state index is 0.334. The maximum absolute atomic E-state index is 13.4. The third-order valence-electron chi connectivity index (χ3n) is 2.27. The van der Waals surface area contributed by atoms with Gasteiger partial charge in [0.25, 0.3) is 5.69 Å². The summed E-state index contributed by atoms with van der Waals surface area (Å²) in [6, 6.07) is 1.40.